The van der Waals surface area contributed by atoms with E-state index in [1.54, 1.807) is 12.4 Å². The Bertz CT molecular complexity index is 475. The Morgan fingerprint density at radius 2 is 2.09 bits per heavy atom. The number of morpholine rings is 1. The fourth-order valence-electron chi connectivity index (χ4n) is 2.52. The topological polar surface area (TPSA) is 66.5 Å². The lowest BCUT2D eigenvalue weighted by atomic mass is 10.2. The summed E-state index contributed by atoms with van der Waals surface area (Å²) in [6.07, 6.45) is 6.68. The molecule has 1 aliphatic rings. The van der Waals surface area contributed by atoms with E-state index in [4.69, 9.17) is 4.74 Å². The SMILES string of the molecule is CCCCCNC(=O)c1cncc(NCCN2CCOCC2)c1. The summed E-state index contributed by atoms with van der Waals surface area (Å²) >= 11 is 0. The van der Waals surface area contributed by atoms with E-state index in [1.807, 2.05) is 6.07 Å². The molecular weight excluding hydrogens is 292 g/mol. The maximum Gasteiger partial charge on any atom is 0.252 e. The molecule has 0 aromatic carbocycles. The van der Waals surface area contributed by atoms with Crippen molar-refractivity contribution < 1.29 is 9.53 Å². The number of unbranched alkanes of at least 4 members (excludes halogenated alkanes) is 2. The van der Waals surface area contributed by atoms with Gasteiger partial charge in [-0.25, -0.2) is 0 Å². The number of carbonyl (C=O) groups excluding carboxylic acids is 1. The molecule has 0 unspecified atom stereocenters. The summed E-state index contributed by atoms with van der Waals surface area (Å²) < 4.78 is 5.34. The highest BCUT2D eigenvalue weighted by atomic mass is 16.5. The summed E-state index contributed by atoms with van der Waals surface area (Å²) in [4.78, 5) is 18.6. The van der Waals surface area contributed by atoms with Crippen LogP contribution in [-0.4, -0.2) is 61.7 Å². The van der Waals surface area contributed by atoms with E-state index >= 15 is 0 Å². The Morgan fingerprint density at radius 3 is 2.87 bits per heavy atom. The van der Waals surface area contributed by atoms with Crippen LogP contribution in [0.5, 0.6) is 0 Å². The summed E-state index contributed by atoms with van der Waals surface area (Å²) in [6.45, 7) is 8.28. The molecule has 0 saturated carbocycles. The molecule has 1 aromatic heterocycles. The number of ether oxygens (including phenoxy) is 1. The zero-order chi connectivity index (χ0) is 16.3. The molecular formula is C17H28N4O2. The number of pyridine rings is 1. The van der Waals surface area contributed by atoms with Crippen LogP contribution < -0.4 is 10.6 Å². The van der Waals surface area contributed by atoms with Crippen LogP contribution in [0.2, 0.25) is 0 Å². The minimum absolute atomic E-state index is 0.0505. The van der Waals surface area contributed by atoms with Crippen LogP contribution in [0, 0.1) is 0 Å². The normalized spacial score (nSPS) is 15.3. The van der Waals surface area contributed by atoms with Crippen LogP contribution in [0.15, 0.2) is 18.5 Å². The van der Waals surface area contributed by atoms with E-state index < -0.39 is 0 Å². The standard InChI is InChI=1S/C17H28N4O2/c1-2-3-4-5-20-17(22)15-12-16(14-18-13-15)19-6-7-21-8-10-23-11-9-21/h12-14,19H,2-11H2,1H3,(H,20,22). The van der Waals surface area contributed by atoms with E-state index in [9.17, 15) is 4.79 Å². The summed E-state index contributed by atoms with van der Waals surface area (Å²) in [7, 11) is 0. The molecule has 1 aliphatic heterocycles. The second-order valence-electron chi connectivity index (χ2n) is 5.81. The van der Waals surface area contributed by atoms with E-state index in [0.29, 0.717) is 5.56 Å². The fourth-order valence-corrected chi connectivity index (χ4v) is 2.52. The van der Waals surface area contributed by atoms with Gasteiger partial charge in [0.2, 0.25) is 0 Å². The van der Waals surface area contributed by atoms with Crippen molar-refractivity contribution >= 4 is 11.6 Å². The lowest BCUT2D eigenvalue weighted by molar-refractivity contribution is 0.0398. The molecule has 2 rings (SSSR count). The highest BCUT2D eigenvalue weighted by molar-refractivity contribution is 5.94. The molecule has 6 heteroatoms. The van der Waals surface area contributed by atoms with Gasteiger partial charge in [-0.1, -0.05) is 19.8 Å². The zero-order valence-electron chi connectivity index (χ0n) is 14.0. The van der Waals surface area contributed by atoms with Gasteiger partial charge < -0.3 is 15.4 Å². The third-order valence-electron chi connectivity index (χ3n) is 3.93. The van der Waals surface area contributed by atoms with Crippen LogP contribution >= 0.6 is 0 Å². The molecule has 0 radical (unpaired) electrons. The molecule has 0 spiro atoms. The van der Waals surface area contributed by atoms with Gasteiger partial charge in [-0.2, -0.15) is 0 Å². The first-order valence-corrected chi connectivity index (χ1v) is 8.57. The summed E-state index contributed by atoms with van der Waals surface area (Å²) in [6, 6.07) is 1.86. The summed E-state index contributed by atoms with van der Waals surface area (Å²) in [5, 5.41) is 6.28. The third-order valence-corrected chi connectivity index (χ3v) is 3.93. The van der Waals surface area contributed by atoms with Crippen LogP contribution in [-0.2, 0) is 4.74 Å². The minimum Gasteiger partial charge on any atom is -0.382 e. The second-order valence-corrected chi connectivity index (χ2v) is 5.81. The number of hydrogen-bond donors (Lipinski definition) is 2. The van der Waals surface area contributed by atoms with Gasteiger partial charge in [0, 0.05) is 45.1 Å². The number of hydrogen-bond acceptors (Lipinski definition) is 5. The van der Waals surface area contributed by atoms with Crippen molar-refractivity contribution in [3.05, 3.63) is 24.0 Å². The van der Waals surface area contributed by atoms with Crippen LogP contribution in [0.1, 0.15) is 36.5 Å². The molecule has 1 saturated heterocycles. The van der Waals surface area contributed by atoms with Crippen molar-refractivity contribution in [2.45, 2.75) is 26.2 Å². The van der Waals surface area contributed by atoms with Crippen molar-refractivity contribution in [2.24, 2.45) is 0 Å². The molecule has 1 aromatic rings. The van der Waals surface area contributed by atoms with Gasteiger partial charge in [-0.3, -0.25) is 14.7 Å². The molecule has 2 N–H and O–H groups in total. The Kier molecular flexibility index (Phi) is 7.83. The molecule has 0 aliphatic carbocycles. The van der Waals surface area contributed by atoms with Crippen LogP contribution in [0.25, 0.3) is 0 Å². The lowest BCUT2D eigenvalue weighted by Gasteiger charge is -2.26. The monoisotopic (exact) mass is 320 g/mol. The number of amides is 1. The molecule has 0 bridgehead atoms. The Hall–Kier alpha value is -1.66. The van der Waals surface area contributed by atoms with E-state index in [0.717, 1.165) is 70.9 Å². The van der Waals surface area contributed by atoms with Gasteiger partial charge >= 0.3 is 0 Å². The number of aromatic nitrogens is 1. The molecule has 0 atom stereocenters. The molecule has 6 nitrogen and oxygen atoms in total. The van der Waals surface area contributed by atoms with Gasteiger partial charge in [0.25, 0.3) is 5.91 Å². The van der Waals surface area contributed by atoms with E-state index in [1.165, 1.54) is 0 Å². The first-order chi connectivity index (χ1) is 11.3. The van der Waals surface area contributed by atoms with Crippen molar-refractivity contribution in [1.29, 1.82) is 0 Å². The first kappa shape index (κ1) is 17.7. The van der Waals surface area contributed by atoms with Gasteiger partial charge in [0.1, 0.15) is 0 Å². The summed E-state index contributed by atoms with van der Waals surface area (Å²) in [5.41, 5.74) is 1.50. The molecule has 2 heterocycles. The zero-order valence-corrected chi connectivity index (χ0v) is 14.0. The molecule has 1 amide bonds. The minimum atomic E-state index is -0.0505. The van der Waals surface area contributed by atoms with Crippen LogP contribution in [0.3, 0.4) is 0 Å². The number of nitrogens with one attached hydrogen (secondary N) is 2. The van der Waals surface area contributed by atoms with E-state index in [2.05, 4.69) is 27.4 Å². The fraction of sp³-hybridized carbons (Fsp3) is 0.647. The van der Waals surface area contributed by atoms with Gasteiger partial charge in [0.15, 0.2) is 0 Å². The molecule has 23 heavy (non-hydrogen) atoms. The predicted octanol–water partition coefficient (Wildman–Crippen LogP) is 1.75. The van der Waals surface area contributed by atoms with Crippen molar-refractivity contribution in [2.75, 3.05) is 51.3 Å². The lowest BCUT2D eigenvalue weighted by Crippen LogP contribution is -2.39. The third kappa shape index (κ3) is 6.54. The molecule has 1 fully saturated rings. The van der Waals surface area contributed by atoms with E-state index in [-0.39, 0.29) is 5.91 Å². The van der Waals surface area contributed by atoms with Crippen LogP contribution in [0.4, 0.5) is 5.69 Å². The number of anilines is 1. The first-order valence-electron chi connectivity index (χ1n) is 8.57. The van der Waals surface area contributed by atoms with Gasteiger partial charge in [-0.15, -0.1) is 0 Å². The van der Waals surface area contributed by atoms with Crippen molar-refractivity contribution in [3.63, 3.8) is 0 Å². The number of nitrogens with zero attached hydrogens (tertiary/aromatic N) is 2. The number of carbonyl (C=O) groups is 1. The van der Waals surface area contributed by atoms with Crippen molar-refractivity contribution in [1.82, 2.24) is 15.2 Å². The average Bonchev–Trinajstić information content (AvgIpc) is 2.60. The largest absolute Gasteiger partial charge is 0.382 e. The maximum atomic E-state index is 12.1. The Morgan fingerprint density at radius 1 is 1.26 bits per heavy atom. The quantitative estimate of drug-likeness (QED) is 0.679. The predicted molar refractivity (Wildman–Crippen MR) is 91.8 cm³/mol. The maximum absolute atomic E-state index is 12.1. The highest BCUT2D eigenvalue weighted by Crippen LogP contribution is 2.08. The molecule has 128 valence electrons. The van der Waals surface area contributed by atoms with Gasteiger partial charge in [-0.05, 0) is 12.5 Å². The average molecular weight is 320 g/mol. The second kappa shape index (κ2) is 10.2. The Balaban J connectivity index is 1.73. The summed E-state index contributed by atoms with van der Waals surface area (Å²) in [5.74, 6) is -0.0505. The van der Waals surface area contributed by atoms with Gasteiger partial charge in [0.05, 0.1) is 24.5 Å². The number of rotatable bonds is 9. The smallest absolute Gasteiger partial charge is 0.252 e. The highest BCUT2D eigenvalue weighted by Gasteiger charge is 2.10. The van der Waals surface area contributed by atoms with Crippen molar-refractivity contribution in [3.8, 4) is 0 Å². The Labute approximate surface area is 138 Å².